The summed E-state index contributed by atoms with van der Waals surface area (Å²) >= 11 is 0. The third-order valence-corrected chi connectivity index (χ3v) is 2.92. The quantitative estimate of drug-likeness (QED) is 0.602. The monoisotopic (exact) mass is 249 g/mol. The van der Waals surface area contributed by atoms with Gasteiger partial charge in [-0.2, -0.15) is 0 Å². The van der Waals surface area contributed by atoms with Crippen molar-refractivity contribution in [3.05, 3.63) is 12.1 Å². The molecule has 0 bridgehead atoms. The summed E-state index contributed by atoms with van der Waals surface area (Å²) in [4.78, 5) is 0. The molecule has 0 amide bonds. The van der Waals surface area contributed by atoms with Crippen LogP contribution in [0.2, 0.25) is 0 Å². The van der Waals surface area contributed by atoms with Crippen LogP contribution >= 0.6 is 0 Å². The van der Waals surface area contributed by atoms with Crippen LogP contribution in [0.5, 0.6) is 5.75 Å². The van der Waals surface area contributed by atoms with Crippen LogP contribution in [0.15, 0.2) is 16.8 Å². The molecule has 0 radical (unpaired) electrons. The van der Waals surface area contributed by atoms with Gasteiger partial charge in [-0.3, -0.25) is 0 Å². The fraction of sp³-hybridized carbons (Fsp3) is 0.538. The highest BCUT2D eigenvalue weighted by Crippen LogP contribution is 2.27. The molecule has 0 fully saturated rings. The van der Waals surface area contributed by atoms with Crippen molar-refractivity contribution in [3.63, 3.8) is 0 Å². The highest BCUT2D eigenvalue weighted by Gasteiger charge is 2.10. The summed E-state index contributed by atoms with van der Waals surface area (Å²) in [5.41, 5.74) is 7.49. The van der Waals surface area contributed by atoms with Crippen LogP contribution in [0, 0.1) is 0 Å². The summed E-state index contributed by atoms with van der Waals surface area (Å²) in [5, 5.41) is 7.57. The summed E-state index contributed by atoms with van der Waals surface area (Å²) in [6, 6.07) is 3.58. The van der Waals surface area contributed by atoms with Gasteiger partial charge in [-0.15, -0.1) is 0 Å². The number of rotatable bonds is 7. The predicted molar refractivity (Wildman–Crippen MR) is 70.5 cm³/mol. The van der Waals surface area contributed by atoms with Crippen LogP contribution in [-0.4, -0.2) is 16.9 Å². The standard InChI is InChI=1S/C13H19N3O2/c1-2-3-4-5-6-9-17-11-8-7-10(14)12-13(11)16-18-15-12/h7-8H,2-6,9,14H2,1H3. The zero-order chi connectivity index (χ0) is 12.8. The van der Waals surface area contributed by atoms with Gasteiger partial charge in [0, 0.05) is 0 Å². The van der Waals surface area contributed by atoms with E-state index >= 15 is 0 Å². The molecule has 2 rings (SSSR count). The van der Waals surface area contributed by atoms with Crippen molar-refractivity contribution in [1.29, 1.82) is 0 Å². The summed E-state index contributed by atoms with van der Waals surface area (Å²) in [6.07, 6.45) is 6.06. The first kappa shape index (κ1) is 12.7. The van der Waals surface area contributed by atoms with Crippen molar-refractivity contribution in [3.8, 4) is 5.75 Å². The molecule has 5 nitrogen and oxygen atoms in total. The second-order valence-electron chi connectivity index (χ2n) is 4.38. The minimum atomic E-state index is 0.557. The Balaban J connectivity index is 1.88. The average Bonchev–Trinajstić information content (AvgIpc) is 2.86. The Morgan fingerprint density at radius 1 is 1.11 bits per heavy atom. The minimum absolute atomic E-state index is 0.557. The largest absolute Gasteiger partial charge is 0.491 e. The number of nitrogen functional groups attached to an aromatic ring is 1. The van der Waals surface area contributed by atoms with Gasteiger partial charge in [0.2, 0.25) is 0 Å². The Morgan fingerprint density at radius 2 is 1.89 bits per heavy atom. The third-order valence-electron chi connectivity index (χ3n) is 2.92. The van der Waals surface area contributed by atoms with E-state index in [0.29, 0.717) is 29.1 Å². The zero-order valence-electron chi connectivity index (χ0n) is 10.7. The van der Waals surface area contributed by atoms with Crippen LogP contribution < -0.4 is 10.5 Å². The van der Waals surface area contributed by atoms with Crippen molar-refractivity contribution < 1.29 is 9.37 Å². The van der Waals surface area contributed by atoms with Crippen molar-refractivity contribution in [2.24, 2.45) is 0 Å². The van der Waals surface area contributed by atoms with Gasteiger partial charge < -0.3 is 10.5 Å². The molecule has 1 heterocycles. The van der Waals surface area contributed by atoms with Gasteiger partial charge in [0.1, 0.15) is 0 Å². The number of nitrogens with two attached hydrogens (primary N) is 1. The molecule has 18 heavy (non-hydrogen) atoms. The van der Waals surface area contributed by atoms with E-state index in [1.807, 2.05) is 6.07 Å². The molecular weight excluding hydrogens is 230 g/mol. The molecule has 0 saturated carbocycles. The van der Waals surface area contributed by atoms with Crippen LogP contribution in [0.25, 0.3) is 11.0 Å². The molecule has 98 valence electrons. The van der Waals surface area contributed by atoms with E-state index in [0.717, 1.165) is 6.42 Å². The average molecular weight is 249 g/mol. The fourth-order valence-electron chi connectivity index (χ4n) is 1.87. The summed E-state index contributed by atoms with van der Waals surface area (Å²) in [5.74, 6) is 0.691. The SMILES string of the molecule is CCCCCCCOc1ccc(N)c2nonc12. The molecule has 2 aromatic rings. The lowest BCUT2D eigenvalue weighted by Gasteiger charge is -2.06. The number of unbranched alkanes of at least 4 members (excludes halogenated alkanes) is 4. The first-order valence-corrected chi connectivity index (χ1v) is 6.46. The molecule has 0 aliphatic carbocycles. The lowest BCUT2D eigenvalue weighted by molar-refractivity contribution is 0.298. The van der Waals surface area contributed by atoms with E-state index in [-0.39, 0.29) is 0 Å². The normalized spacial score (nSPS) is 10.9. The molecule has 1 aromatic heterocycles. The number of nitrogens with zero attached hydrogens (tertiary/aromatic N) is 2. The molecule has 0 saturated heterocycles. The maximum atomic E-state index is 5.76. The predicted octanol–water partition coefficient (Wildman–Crippen LogP) is 3.15. The van der Waals surface area contributed by atoms with Gasteiger partial charge in [-0.1, -0.05) is 32.6 Å². The van der Waals surface area contributed by atoms with E-state index in [1.165, 1.54) is 25.7 Å². The smallest absolute Gasteiger partial charge is 0.179 e. The van der Waals surface area contributed by atoms with Crippen molar-refractivity contribution in [1.82, 2.24) is 10.3 Å². The Labute approximate surface area is 106 Å². The molecule has 0 atom stereocenters. The molecule has 0 aliphatic heterocycles. The Morgan fingerprint density at radius 3 is 2.72 bits per heavy atom. The van der Waals surface area contributed by atoms with Gasteiger partial charge in [0.05, 0.1) is 12.3 Å². The Kier molecular flexibility index (Phi) is 4.39. The van der Waals surface area contributed by atoms with E-state index in [9.17, 15) is 0 Å². The van der Waals surface area contributed by atoms with Crippen molar-refractivity contribution >= 4 is 16.7 Å². The van der Waals surface area contributed by atoms with Gasteiger partial charge >= 0.3 is 0 Å². The highest BCUT2D eigenvalue weighted by atomic mass is 16.6. The second-order valence-corrected chi connectivity index (χ2v) is 4.38. The number of benzene rings is 1. The number of hydrogen-bond donors (Lipinski definition) is 1. The number of fused-ring (bicyclic) bond motifs is 1. The first-order valence-electron chi connectivity index (χ1n) is 6.46. The highest BCUT2D eigenvalue weighted by molar-refractivity contribution is 5.90. The third kappa shape index (κ3) is 2.91. The number of ether oxygens (including phenoxy) is 1. The lowest BCUT2D eigenvalue weighted by Crippen LogP contribution is -1.98. The Hall–Kier alpha value is -1.78. The van der Waals surface area contributed by atoms with Gasteiger partial charge in [-0.05, 0) is 28.9 Å². The van der Waals surface area contributed by atoms with Crippen molar-refractivity contribution in [2.75, 3.05) is 12.3 Å². The maximum Gasteiger partial charge on any atom is 0.179 e. The summed E-state index contributed by atoms with van der Waals surface area (Å²) < 4.78 is 10.4. The van der Waals surface area contributed by atoms with E-state index in [2.05, 4.69) is 21.9 Å². The lowest BCUT2D eigenvalue weighted by atomic mass is 10.2. The number of aromatic nitrogens is 2. The van der Waals surface area contributed by atoms with E-state index in [4.69, 9.17) is 10.5 Å². The summed E-state index contributed by atoms with van der Waals surface area (Å²) in [7, 11) is 0. The van der Waals surface area contributed by atoms with Gasteiger partial charge in [0.25, 0.3) is 0 Å². The molecule has 1 aromatic carbocycles. The van der Waals surface area contributed by atoms with Crippen LogP contribution in [0.1, 0.15) is 39.0 Å². The van der Waals surface area contributed by atoms with Crippen LogP contribution in [0.4, 0.5) is 5.69 Å². The van der Waals surface area contributed by atoms with E-state index in [1.54, 1.807) is 6.07 Å². The maximum absolute atomic E-state index is 5.76. The molecule has 5 heteroatoms. The Bertz CT molecular complexity index is 496. The molecule has 0 aliphatic rings. The molecule has 0 spiro atoms. The number of hydrogen-bond acceptors (Lipinski definition) is 5. The molecular formula is C13H19N3O2. The van der Waals surface area contributed by atoms with E-state index < -0.39 is 0 Å². The molecule has 0 unspecified atom stereocenters. The van der Waals surface area contributed by atoms with Crippen molar-refractivity contribution in [2.45, 2.75) is 39.0 Å². The van der Waals surface area contributed by atoms with Gasteiger partial charge in [0.15, 0.2) is 16.8 Å². The van der Waals surface area contributed by atoms with Gasteiger partial charge in [-0.25, -0.2) is 4.63 Å². The fourth-order valence-corrected chi connectivity index (χ4v) is 1.87. The molecule has 2 N–H and O–H groups in total. The number of anilines is 1. The topological polar surface area (TPSA) is 74.2 Å². The minimum Gasteiger partial charge on any atom is -0.491 e. The zero-order valence-corrected chi connectivity index (χ0v) is 10.7. The second kappa shape index (κ2) is 6.23. The first-order chi connectivity index (χ1) is 8.83. The van der Waals surface area contributed by atoms with Crippen LogP contribution in [0.3, 0.4) is 0 Å². The van der Waals surface area contributed by atoms with Crippen LogP contribution in [-0.2, 0) is 0 Å². The summed E-state index contributed by atoms with van der Waals surface area (Å²) in [6.45, 7) is 2.90.